The normalized spacial score (nSPS) is 21.4. The highest BCUT2D eigenvalue weighted by Crippen LogP contribution is 2.46. The van der Waals surface area contributed by atoms with Gasteiger partial charge < -0.3 is 29.6 Å². The number of furan rings is 1. The maximum Gasteiger partial charge on any atom is 0.416 e. The summed E-state index contributed by atoms with van der Waals surface area (Å²) in [5.41, 5.74) is -1.22. The number of carbonyl (C=O) groups is 4. The number of benzene rings is 3. The molecular weight excluding hydrogens is 868 g/mol. The number of carbonyl (C=O) groups excluding carboxylic acids is 4. The van der Waals surface area contributed by atoms with Crippen molar-refractivity contribution < 1.29 is 49.9 Å². The Morgan fingerprint density at radius 1 is 0.985 bits per heavy atom. The maximum atomic E-state index is 15.0. The minimum Gasteiger partial charge on any atom is -0.470 e. The number of fused-ring (bicyclic) bond motifs is 3. The number of hydrogen-bond donors (Lipinski definition) is 3. The van der Waals surface area contributed by atoms with Crippen LogP contribution in [0.2, 0.25) is 0 Å². The zero-order valence-electron chi connectivity index (χ0n) is 36.2. The molecule has 0 spiro atoms. The fraction of sp³-hybridized carbons (Fsp3) is 0.391. The third-order valence-electron chi connectivity index (χ3n) is 12.0. The predicted octanol–water partition coefficient (Wildman–Crippen LogP) is 6.31. The Hall–Kier alpha value is -6.50. The van der Waals surface area contributed by atoms with E-state index in [4.69, 9.17) is 9.15 Å². The van der Waals surface area contributed by atoms with Crippen molar-refractivity contribution in [2.45, 2.75) is 81.6 Å². The second-order valence-electron chi connectivity index (χ2n) is 18.1. The number of sulfonamides is 1. The van der Waals surface area contributed by atoms with Crippen LogP contribution in [0.15, 0.2) is 89.9 Å². The summed E-state index contributed by atoms with van der Waals surface area (Å²) in [6.07, 6.45) is -3.30. The topological polar surface area (TPSA) is 193 Å². The molecule has 15 nitrogen and oxygen atoms in total. The van der Waals surface area contributed by atoms with E-state index in [1.54, 1.807) is 62.6 Å². The van der Waals surface area contributed by atoms with Crippen molar-refractivity contribution in [1.29, 1.82) is 0 Å². The smallest absolute Gasteiger partial charge is 0.416 e. The molecule has 5 aromatic rings. The van der Waals surface area contributed by atoms with Gasteiger partial charge in [0.25, 0.3) is 17.7 Å². The number of hydrogen-bond acceptors (Lipinski definition) is 11. The van der Waals surface area contributed by atoms with Crippen LogP contribution in [0.1, 0.15) is 62.4 Å². The fourth-order valence-corrected chi connectivity index (χ4v) is 9.45. The highest BCUT2D eigenvalue weighted by molar-refractivity contribution is 7.91. The van der Waals surface area contributed by atoms with Crippen LogP contribution < -0.4 is 20.1 Å². The van der Waals surface area contributed by atoms with E-state index >= 15 is 4.79 Å². The Bertz CT molecular complexity index is 2820. The van der Waals surface area contributed by atoms with E-state index in [0.29, 0.717) is 40.6 Å². The van der Waals surface area contributed by atoms with Crippen LogP contribution in [0.5, 0.6) is 5.88 Å². The van der Waals surface area contributed by atoms with Crippen LogP contribution in [0.3, 0.4) is 0 Å². The number of nitrogens with zero attached hydrogens (tertiary/aromatic N) is 4. The highest BCUT2D eigenvalue weighted by Gasteiger charge is 2.62. The molecule has 3 fully saturated rings. The van der Waals surface area contributed by atoms with Crippen LogP contribution in [0, 0.1) is 11.3 Å². The van der Waals surface area contributed by atoms with E-state index < -0.39 is 79.8 Å². The van der Waals surface area contributed by atoms with Crippen molar-refractivity contribution in [3.8, 4) is 17.3 Å². The largest absolute Gasteiger partial charge is 0.470 e. The lowest BCUT2D eigenvalue weighted by molar-refractivity contribution is -0.141. The van der Waals surface area contributed by atoms with Crippen LogP contribution in [-0.2, 0) is 30.6 Å². The number of ether oxygens (including phenoxy) is 1. The third kappa shape index (κ3) is 8.97. The van der Waals surface area contributed by atoms with Gasteiger partial charge in [-0.15, -0.1) is 6.58 Å². The number of halogens is 3. The minimum absolute atomic E-state index is 0.0293. The molecule has 0 unspecified atom stereocenters. The lowest BCUT2D eigenvalue weighted by Gasteiger charge is -2.36. The lowest BCUT2D eigenvalue weighted by atomic mass is 9.85. The first-order valence-electron chi connectivity index (χ1n) is 21.0. The molecule has 2 aromatic heterocycles. The number of amides is 4. The van der Waals surface area contributed by atoms with E-state index in [1.807, 2.05) is 20.8 Å². The number of nitrogens with one attached hydrogen (secondary N) is 3. The molecule has 5 atom stereocenters. The first-order valence-corrected chi connectivity index (χ1v) is 22.6. The molecule has 3 aliphatic rings. The minimum atomic E-state index is -4.57. The molecule has 19 heteroatoms. The van der Waals surface area contributed by atoms with E-state index in [9.17, 15) is 36.0 Å². The monoisotopic (exact) mass is 915 g/mol. The molecule has 0 bridgehead atoms. The van der Waals surface area contributed by atoms with Gasteiger partial charge in [0, 0.05) is 48.6 Å². The Kier molecular flexibility index (Phi) is 11.4. The highest BCUT2D eigenvalue weighted by atomic mass is 32.2. The molecule has 4 amide bonds. The molecule has 1 aliphatic heterocycles. The Balaban J connectivity index is 1.15. The zero-order valence-corrected chi connectivity index (χ0v) is 37.0. The second kappa shape index (κ2) is 16.5. The number of alkyl halides is 3. The summed E-state index contributed by atoms with van der Waals surface area (Å²) in [6, 6.07) is 15.7. The number of anilines is 1. The number of aromatic nitrogens is 2. The molecule has 3 N–H and O–H groups in total. The van der Waals surface area contributed by atoms with Crippen molar-refractivity contribution in [3.63, 3.8) is 0 Å². The van der Waals surface area contributed by atoms with E-state index in [-0.39, 0.29) is 48.1 Å². The van der Waals surface area contributed by atoms with E-state index in [0.717, 1.165) is 12.1 Å². The molecule has 0 radical (unpaired) electrons. The molecule has 65 heavy (non-hydrogen) atoms. The standard InChI is InChI=1S/C46H48F3N7O8S/c1-7-27-23-45(27,43(60)54-65(61,62)31-20-21-31)53-39(57)33-22-30(24-56(33)42(59)37(44(2,3)4)50-29-18-14-26(15-19-29)41(58)55(5)6)63-40-36-35(32-10-8-9-11-34(32)64-36)51-38(52-40)25-12-16-28(17-13-25)46(47,48)49/h7-19,27,30-31,33,37,50H,1,20-24H2,2-6H3,(H,53,57)(H,54,60)/t27-,30-,33+,37-,45-/m1/s1. The van der Waals surface area contributed by atoms with Crippen molar-refractivity contribution in [2.24, 2.45) is 11.3 Å². The molecule has 342 valence electrons. The molecule has 3 heterocycles. The second-order valence-corrected chi connectivity index (χ2v) is 20.0. The van der Waals surface area contributed by atoms with Crippen molar-refractivity contribution >= 4 is 61.4 Å². The predicted molar refractivity (Wildman–Crippen MR) is 235 cm³/mol. The van der Waals surface area contributed by atoms with E-state index in [1.165, 1.54) is 28.0 Å². The van der Waals surface area contributed by atoms with Crippen LogP contribution in [0.4, 0.5) is 18.9 Å². The number of para-hydroxylation sites is 1. The summed E-state index contributed by atoms with van der Waals surface area (Å²) in [4.78, 5) is 68.0. The fourth-order valence-electron chi connectivity index (χ4n) is 8.08. The summed E-state index contributed by atoms with van der Waals surface area (Å²) in [5, 5.41) is 5.96. The van der Waals surface area contributed by atoms with Gasteiger partial charge in [0.05, 0.1) is 17.4 Å². The van der Waals surface area contributed by atoms with E-state index in [2.05, 4.69) is 31.9 Å². The Morgan fingerprint density at radius 3 is 2.26 bits per heavy atom. The van der Waals surface area contributed by atoms with Crippen LogP contribution in [0.25, 0.3) is 33.5 Å². The Labute approximate surface area is 372 Å². The molecule has 1 saturated heterocycles. The van der Waals surface area contributed by atoms with Gasteiger partial charge in [-0.3, -0.25) is 23.9 Å². The third-order valence-corrected chi connectivity index (χ3v) is 13.8. The van der Waals surface area contributed by atoms with Crippen molar-refractivity contribution in [1.82, 2.24) is 29.8 Å². The van der Waals surface area contributed by atoms with Gasteiger partial charge in [-0.05, 0) is 73.2 Å². The summed E-state index contributed by atoms with van der Waals surface area (Å²) >= 11 is 0. The average Bonchev–Trinajstić information content (AvgIpc) is 4.16. The first kappa shape index (κ1) is 45.1. The SMILES string of the molecule is C=C[C@@H]1C[C@]1(NC(=O)[C@@H]1C[C@@H](Oc2nc(-c3ccc(C(F)(F)F)cc3)nc3c2oc2ccccc23)CN1C(=O)[C@@H](Nc1ccc(C(=O)N(C)C)cc1)C(C)(C)C)C(=O)NS(=O)(=O)C1CC1. The zero-order chi connectivity index (χ0) is 46.8. The number of rotatable bonds is 13. The van der Waals surface area contributed by atoms with Gasteiger partial charge in [-0.1, -0.05) is 51.1 Å². The van der Waals surface area contributed by atoms with Crippen LogP contribution in [-0.4, -0.2) is 101 Å². The van der Waals surface area contributed by atoms with Gasteiger partial charge in [-0.25, -0.2) is 13.4 Å². The summed E-state index contributed by atoms with van der Waals surface area (Å²) < 4.78 is 81.1. The molecule has 3 aromatic carbocycles. The quantitative estimate of drug-likeness (QED) is 0.112. The first-order chi connectivity index (χ1) is 30.6. The Morgan fingerprint density at radius 2 is 1.66 bits per heavy atom. The summed E-state index contributed by atoms with van der Waals surface area (Å²) in [6.45, 7) is 9.12. The molecular formula is C46H48F3N7O8S. The number of likely N-dealkylation sites (tertiary alicyclic amines) is 1. The van der Waals surface area contributed by atoms with Crippen LogP contribution >= 0.6 is 0 Å². The molecule has 2 saturated carbocycles. The van der Waals surface area contributed by atoms with Crippen molar-refractivity contribution in [3.05, 3.63) is 96.6 Å². The van der Waals surface area contributed by atoms with Gasteiger partial charge in [0.2, 0.25) is 27.4 Å². The van der Waals surface area contributed by atoms with Gasteiger partial charge >= 0.3 is 6.18 Å². The molecule has 2 aliphatic carbocycles. The van der Waals surface area contributed by atoms with Gasteiger partial charge in [-0.2, -0.15) is 18.2 Å². The van der Waals surface area contributed by atoms with Gasteiger partial charge in [0.15, 0.2) is 5.82 Å². The average molecular weight is 916 g/mol. The summed E-state index contributed by atoms with van der Waals surface area (Å²) in [7, 11) is -0.714. The molecule has 8 rings (SSSR count). The maximum absolute atomic E-state index is 15.0. The van der Waals surface area contributed by atoms with Gasteiger partial charge in [0.1, 0.15) is 34.8 Å². The lowest BCUT2D eigenvalue weighted by Crippen LogP contribution is -2.58. The summed E-state index contributed by atoms with van der Waals surface area (Å²) in [5.74, 6) is -3.03. The van der Waals surface area contributed by atoms with Crippen molar-refractivity contribution in [2.75, 3.05) is 26.0 Å².